The molecule has 1 aromatic carbocycles. The van der Waals surface area contributed by atoms with Gasteiger partial charge in [0.25, 0.3) is 0 Å². The smallest absolute Gasteiger partial charge is 0.195 e. The predicted molar refractivity (Wildman–Crippen MR) is 146 cm³/mol. The van der Waals surface area contributed by atoms with E-state index in [1.165, 1.54) is 16.6 Å². The molecule has 2 saturated carbocycles. The Kier molecular flexibility index (Phi) is 4.62. The fourth-order valence-corrected chi connectivity index (χ4v) is 8.86. The zero-order valence-electron chi connectivity index (χ0n) is 23.3. The van der Waals surface area contributed by atoms with Crippen LogP contribution >= 0.6 is 0 Å². The number of carbonyl (C=O) groups is 1. The molecular formula is C32H39NO5. The second kappa shape index (κ2) is 7.08. The van der Waals surface area contributed by atoms with E-state index < -0.39 is 34.1 Å². The van der Waals surface area contributed by atoms with E-state index in [9.17, 15) is 15.0 Å². The topological polar surface area (TPSA) is 91.8 Å². The fourth-order valence-electron chi connectivity index (χ4n) is 8.86. The largest absolute Gasteiger partial charge is 0.386 e. The minimum atomic E-state index is -1.21. The number of carbonyl (C=O) groups excluding carboxylic acids is 1. The molecule has 6 atom stereocenters. The molecule has 202 valence electrons. The molecule has 0 amide bonds. The van der Waals surface area contributed by atoms with Gasteiger partial charge in [-0.3, -0.25) is 4.79 Å². The molecule has 3 N–H and O–H groups in total. The monoisotopic (exact) mass is 517 g/mol. The molecule has 2 bridgehead atoms. The van der Waals surface area contributed by atoms with Crippen molar-refractivity contribution in [3.8, 4) is 0 Å². The van der Waals surface area contributed by atoms with Crippen molar-refractivity contribution in [2.24, 2.45) is 11.3 Å². The Labute approximate surface area is 224 Å². The van der Waals surface area contributed by atoms with Crippen LogP contribution in [0, 0.1) is 11.3 Å². The van der Waals surface area contributed by atoms with E-state index in [1.54, 1.807) is 19.9 Å². The van der Waals surface area contributed by atoms with Crippen LogP contribution in [0.15, 0.2) is 35.9 Å². The minimum absolute atomic E-state index is 0.104. The molecule has 2 aliphatic heterocycles. The van der Waals surface area contributed by atoms with Crippen molar-refractivity contribution in [1.29, 1.82) is 0 Å². The van der Waals surface area contributed by atoms with Gasteiger partial charge in [-0.15, -0.1) is 0 Å². The molecule has 1 unspecified atom stereocenters. The molecule has 3 aliphatic carbocycles. The summed E-state index contributed by atoms with van der Waals surface area (Å²) in [6.45, 7) is 11.9. The highest BCUT2D eigenvalue weighted by atomic mass is 16.8. The number of aromatic nitrogens is 1. The molecule has 0 radical (unpaired) electrons. The maximum absolute atomic E-state index is 13.2. The van der Waals surface area contributed by atoms with Crippen molar-refractivity contribution in [3.05, 3.63) is 52.7 Å². The average molecular weight is 518 g/mol. The lowest BCUT2D eigenvalue weighted by Gasteiger charge is -2.65. The molecule has 1 aromatic heterocycles. The van der Waals surface area contributed by atoms with Gasteiger partial charge in [-0.05, 0) is 88.6 Å². The molecule has 1 saturated heterocycles. The van der Waals surface area contributed by atoms with Crippen LogP contribution in [-0.2, 0) is 26.1 Å². The van der Waals surface area contributed by atoms with Crippen LogP contribution < -0.4 is 0 Å². The highest BCUT2D eigenvalue weighted by molar-refractivity contribution is 5.97. The van der Waals surface area contributed by atoms with Gasteiger partial charge in [-0.1, -0.05) is 32.1 Å². The van der Waals surface area contributed by atoms with E-state index in [4.69, 9.17) is 9.47 Å². The predicted octanol–water partition coefficient (Wildman–Crippen LogP) is 5.11. The summed E-state index contributed by atoms with van der Waals surface area (Å²) in [7, 11) is 0. The standard InChI is InChI=1S/C32H39NO5/c1-27(2,35)11-9-18-7-8-22-20(15-18)21-16-19-10-12-31(36)24-17-23(34)26-28(3,4)38-32(24,37-26)14-13-29(31,5)30(19,6)25(21)33-22/h7-9,11,15,17,19,26,33,35-36H,10,12-14,16H2,1-6H3/b11-9-/t19?,26-,29+,30+,31+,32-/m0/s1. The number of fused-ring (bicyclic) bond motifs is 9. The number of ketones is 1. The van der Waals surface area contributed by atoms with E-state index in [1.807, 2.05) is 26.0 Å². The lowest BCUT2D eigenvalue weighted by molar-refractivity contribution is -0.247. The minimum Gasteiger partial charge on any atom is -0.386 e. The van der Waals surface area contributed by atoms with E-state index in [0.717, 1.165) is 30.3 Å². The van der Waals surface area contributed by atoms with Crippen LogP contribution in [0.4, 0.5) is 0 Å². The quantitative estimate of drug-likeness (QED) is 0.515. The Morgan fingerprint density at radius 2 is 1.89 bits per heavy atom. The van der Waals surface area contributed by atoms with Crippen LogP contribution in [0.2, 0.25) is 0 Å². The number of aromatic amines is 1. The van der Waals surface area contributed by atoms with Crippen LogP contribution in [0.3, 0.4) is 0 Å². The fraction of sp³-hybridized carbons (Fsp3) is 0.594. The van der Waals surface area contributed by atoms with Crippen molar-refractivity contribution in [2.45, 2.75) is 108 Å². The zero-order valence-corrected chi connectivity index (χ0v) is 23.3. The summed E-state index contributed by atoms with van der Waals surface area (Å²) in [4.78, 5) is 17.0. The van der Waals surface area contributed by atoms with Gasteiger partial charge in [0.2, 0.25) is 0 Å². The molecule has 7 rings (SSSR count). The maximum atomic E-state index is 13.2. The average Bonchev–Trinajstić information content (AvgIpc) is 3.41. The van der Waals surface area contributed by atoms with Gasteiger partial charge in [0.15, 0.2) is 17.7 Å². The lowest BCUT2D eigenvalue weighted by atomic mass is 9.42. The molecule has 3 fully saturated rings. The SMILES string of the molecule is CC(C)(O)/C=C\c1ccc2[nH]c3c(c2c1)CC1CC[C@@]2(O)C4=CC(=O)[C@@H]5O[C@@]4(CC[C@]2(C)[C@@]31C)OC5(C)C. The van der Waals surface area contributed by atoms with Crippen LogP contribution in [0.25, 0.3) is 17.0 Å². The van der Waals surface area contributed by atoms with E-state index >= 15 is 0 Å². The third kappa shape index (κ3) is 2.85. The molecule has 5 aliphatic rings. The molecule has 1 spiro atoms. The Morgan fingerprint density at radius 3 is 2.63 bits per heavy atom. The van der Waals surface area contributed by atoms with E-state index in [2.05, 4.69) is 37.0 Å². The number of rotatable bonds is 2. The van der Waals surface area contributed by atoms with Crippen LogP contribution in [0.5, 0.6) is 0 Å². The Hall–Kier alpha value is -2.25. The second-order valence-corrected chi connectivity index (χ2v) is 14.0. The summed E-state index contributed by atoms with van der Waals surface area (Å²) in [6.07, 6.45) is 8.61. The van der Waals surface area contributed by atoms with Gasteiger partial charge in [-0.2, -0.15) is 0 Å². The van der Waals surface area contributed by atoms with Gasteiger partial charge in [0, 0.05) is 39.4 Å². The normalized spacial score (nSPS) is 41.2. The van der Waals surface area contributed by atoms with Crippen molar-refractivity contribution in [1.82, 2.24) is 4.98 Å². The first-order valence-electron chi connectivity index (χ1n) is 14.1. The van der Waals surface area contributed by atoms with Crippen molar-refractivity contribution in [2.75, 3.05) is 0 Å². The maximum Gasteiger partial charge on any atom is 0.195 e. The number of hydrogen-bond acceptors (Lipinski definition) is 5. The zero-order chi connectivity index (χ0) is 27.1. The first-order valence-corrected chi connectivity index (χ1v) is 14.1. The third-order valence-corrected chi connectivity index (χ3v) is 11.0. The Morgan fingerprint density at radius 1 is 1.13 bits per heavy atom. The summed E-state index contributed by atoms with van der Waals surface area (Å²) in [5.74, 6) is -0.742. The summed E-state index contributed by atoms with van der Waals surface area (Å²) < 4.78 is 12.9. The number of nitrogens with one attached hydrogen (secondary N) is 1. The van der Waals surface area contributed by atoms with Crippen molar-refractivity contribution >= 4 is 22.8 Å². The highest BCUT2D eigenvalue weighted by Gasteiger charge is 2.75. The summed E-state index contributed by atoms with van der Waals surface area (Å²) >= 11 is 0. The second-order valence-electron chi connectivity index (χ2n) is 14.0. The molecule has 6 heteroatoms. The molecule has 38 heavy (non-hydrogen) atoms. The highest BCUT2D eigenvalue weighted by Crippen LogP contribution is 2.71. The summed E-state index contributed by atoms with van der Waals surface area (Å²) in [5, 5.41) is 24.1. The number of benzene rings is 1. The Balaban J connectivity index is 1.35. The molecule has 3 heterocycles. The summed E-state index contributed by atoms with van der Waals surface area (Å²) in [5.41, 5.74) is 1.71. The van der Waals surface area contributed by atoms with Crippen LogP contribution in [-0.4, -0.2) is 49.7 Å². The van der Waals surface area contributed by atoms with Gasteiger partial charge >= 0.3 is 0 Å². The molecule has 6 nitrogen and oxygen atoms in total. The number of ether oxygens (including phenoxy) is 2. The third-order valence-electron chi connectivity index (χ3n) is 11.0. The number of hydrogen-bond donors (Lipinski definition) is 3. The van der Waals surface area contributed by atoms with Gasteiger partial charge < -0.3 is 24.7 Å². The first kappa shape index (κ1) is 24.8. The van der Waals surface area contributed by atoms with Crippen molar-refractivity contribution < 1.29 is 24.5 Å². The van der Waals surface area contributed by atoms with Gasteiger partial charge in [0.05, 0.1) is 11.2 Å². The number of aliphatic hydroxyl groups is 2. The Bertz CT molecular complexity index is 1460. The van der Waals surface area contributed by atoms with Crippen LogP contribution in [0.1, 0.15) is 84.0 Å². The lowest BCUT2D eigenvalue weighted by Crippen LogP contribution is -2.69. The van der Waals surface area contributed by atoms with E-state index in [0.29, 0.717) is 24.3 Å². The van der Waals surface area contributed by atoms with E-state index in [-0.39, 0.29) is 11.2 Å². The molecule has 2 aromatic rings. The molecular weight excluding hydrogens is 478 g/mol. The summed E-state index contributed by atoms with van der Waals surface area (Å²) in [6, 6.07) is 6.40. The van der Waals surface area contributed by atoms with Gasteiger partial charge in [0.1, 0.15) is 5.60 Å². The van der Waals surface area contributed by atoms with Crippen molar-refractivity contribution in [3.63, 3.8) is 0 Å². The van der Waals surface area contributed by atoms with Gasteiger partial charge in [-0.25, -0.2) is 0 Å². The first-order chi connectivity index (χ1) is 17.6. The number of H-pyrrole nitrogens is 1.